The fraction of sp³-hybridized carbons (Fsp3) is 0.333. The van der Waals surface area contributed by atoms with Gasteiger partial charge in [-0.2, -0.15) is 5.26 Å². The van der Waals surface area contributed by atoms with E-state index in [9.17, 15) is 29.5 Å². The van der Waals surface area contributed by atoms with Gasteiger partial charge in [-0.15, -0.1) is 0 Å². The topological polar surface area (TPSA) is 157 Å². The van der Waals surface area contributed by atoms with Crippen molar-refractivity contribution >= 4 is 58.5 Å². The Kier molecular flexibility index (Phi) is 8.18. The molecule has 0 bridgehead atoms. The molecule has 4 atom stereocenters. The van der Waals surface area contributed by atoms with Crippen molar-refractivity contribution in [2.45, 2.75) is 57.2 Å². The smallest absolute Gasteiger partial charge is 0.306 e. The number of carbonyl (C=O) groups is 4. The van der Waals surface area contributed by atoms with E-state index in [4.69, 9.17) is 23.2 Å². The van der Waals surface area contributed by atoms with Crippen LogP contribution in [-0.2, 0) is 26.3 Å². The number of imidazole rings is 1. The molecular formula is C30H28Cl2N6O5. The van der Waals surface area contributed by atoms with Gasteiger partial charge in [0.1, 0.15) is 17.3 Å². The molecule has 3 aromatic rings. The second-order valence-corrected chi connectivity index (χ2v) is 11.9. The number of fused-ring (bicyclic) bond motifs is 1. The van der Waals surface area contributed by atoms with Crippen molar-refractivity contribution in [3.05, 3.63) is 75.5 Å². The van der Waals surface area contributed by atoms with Gasteiger partial charge in [0, 0.05) is 22.5 Å². The summed E-state index contributed by atoms with van der Waals surface area (Å²) in [6, 6.07) is 12.3. The average molecular weight is 623 g/mol. The summed E-state index contributed by atoms with van der Waals surface area (Å²) in [6.07, 6.45) is 2.85. The number of carboxylic acid groups (broad SMARTS) is 1. The molecule has 222 valence electrons. The molecule has 1 aromatic heterocycles. The predicted octanol–water partition coefficient (Wildman–Crippen LogP) is 4.19. The fourth-order valence-electron chi connectivity index (χ4n) is 5.72. The van der Waals surface area contributed by atoms with Crippen LogP contribution in [0.1, 0.15) is 54.7 Å². The van der Waals surface area contributed by atoms with Crippen molar-refractivity contribution in [2.24, 2.45) is 5.92 Å². The number of nitriles is 1. The van der Waals surface area contributed by atoms with Crippen molar-refractivity contribution in [3.63, 3.8) is 0 Å². The molecule has 1 aliphatic carbocycles. The first-order valence-electron chi connectivity index (χ1n) is 13.6. The minimum absolute atomic E-state index is 0.0570. The third-order valence-electron chi connectivity index (χ3n) is 7.94. The number of nitrogens with one attached hydrogen (secondary N) is 2. The Morgan fingerprint density at radius 3 is 2.44 bits per heavy atom. The maximum absolute atomic E-state index is 14.2. The number of halogens is 2. The summed E-state index contributed by atoms with van der Waals surface area (Å²) in [5.74, 6) is -2.67. The number of rotatable bonds is 8. The second-order valence-electron chi connectivity index (χ2n) is 11.1. The molecule has 0 radical (unpaired) electrons. The fourth-order valence-corrected chi connectivity index (χ4v) is 6.24. The van der Waals surface area contributed by atoms with E-state index in [0.29, 0.717) is 40.6 Å². The molecule has 5 rings (SSSR count). The van der Waals surface area contributed by atoms with E-state index in [1.165, 1.54) is 28.7 Å². The number of nitrogens with zero attached hydrogens (tertiary/aromatic N) is 4. The summed E-state index contributed by atoms with van der Waals surface area (Å²) < 4.78 is 1.54. The summed E-state index contributed by atoms with van der Waals surface area (Å²) in [6.45, 7) is 3.22. The molecule has 2 heterocycles. The molecule has 13 heteroatoms. The van der Waals surface area contributed by atoms with Gasteiger partial charge < -0.3 is 15.7 Å². The molecule has 11 nitrogen and oxygen atoms in total. The van der Waals surface area contributed by atoms with Gasteiger partial charge in [-0.05, 0) is 69.0 Å². The number of aromatic nitrogens is 2. The number of carbonyl (C=O) groups excluding carboxylic acids is 3. The third kappa shape index (κ3) is 5.81. The van der Waals surface area contributed by atoms with E-state index in [0.717, 1.165) is 5.56 Å². The minimum atomic E-state index is -1.33. The molecule has 0 saturated heterocycles. The van der Waals surface area contributed by atoms with Gasteiger partial charge in [0.25, 0.3) is 11.8 Å². The van der Waals surface area contributed by atoms with Crippen LogP contribution in [0.25, 0.3) is 0 Å². The molecule has 0 spiro atoms. The number of hydrogen-bond donors (Lipinski definition) is 3. The Balaban J connectivity index is 1.45. The van der Waals surface area contributed by atoms with E-state index >= 15 is 0 Å². The standard InChI is InChI=1S/C30H28Cl2N6O5/c1-16(25(39)36-22-8-7-19(9-22)27(41)42)35-26(40)24-15-34-29-37(23-11-20(31)10-21(32)12-23)28(43)30(2,38(24)29)13-17-3-5-18(14-33)6-4-17/h3-6,10-12,15-16,19,22H,7-9,13H2,1-2H3,(H,35,40)(H,36,39)(H,41,42)/t16?,19-,22-,30?/m1/s1. The highest BCUT2D eigenvalue weighted by molar-refractivity contribution is 6.35. The van der Waals surface area contributed by atoms with Crippen molar-refractivity contribution in [3.8, 4) is 6.07 Å². The molecule has 1 aliphatic heterocycles. The highest BCUT2D eigenvalue weighted by atomic mass is 35.5. The van der Waals surface area contributed by atoms with Crippen LogP contribution in [0, 0.1) is 17.2 Å². The van der Waals surface area contributed by atoms with E-state index in [-0.39, 0.29) is 30.0 Å². The van der Waals surface area contributed by atoms with E-state index in [1.54, 1.807) is 43.3 Å². The number of anilines is 2. The summed E-state index contributed by atoms with van der Waals surface area (Å²) >= 11 is 12.5. The van der Waals surface area contributed by atoms with Crippen LogP contribution in [0.5, 0.6) is 0 Å². The largest absolute Gasteiger partial charge is 0.481 e. The van der Waals surface area contributed by atoms with Gasteiger partial charge in [0.05, 0.1) is 29.4 Å². The number of amides is 3. The quantitative estimate of drug-likeness (QED) is 0.340. The maximum atomic E-state index is 14.2. The molecular weight excluding hydrogens is 595 g/mol. The SMILES string of the molecule is CC(NC(=O)c1cnc2n1C(C)(Cc1ccc(C#N)cc1)C(=O)N2c1cc(Cl)cc(Cl)c1)C(=O)N[C@@H]1CC[C@@H](C(=O)O)C1. The molecule has 1 saturated carbocycles. The van der Waals surface area contributed by atoms with Crippen LogP contribution < -0.4 is 15.5 Å². The Morgan fingerprint density at radius 1 is 1.16 bits per heavy atom. The molecule has 3 amide bonds. The minimum Gasteiger partial charge on any atom is -0.481 e. The molecule has 2 unspecified atom stereocenters. The summed E-state index contributed by atoms with van der Waals surface area (Å²) in [7, 11) is 0. The van der Waals surface area contributed by atoms with Gasteiger partial charge >= 0.3 is 5.97 Å². The van der Waals surface area contributed by atoms with Crippen LogP contribution in [0.4, 0.5) is 11.6 Å². The lowest BCUT2D eigenvalue weighted by Gasteiger charge is -2.27. The third-order valence-corrected chi connectivity index (χ3v) is 8.38. The zero-order valence-corrected chi connectivity index (χ0v) is 24.8. The Morgan fingerprint density at radius 2 is 1.84 bits per heavy atom. The highest BCUT2D eigenvalue weighted by Gasteiger charge is 2.51. The monoisotopic (exact) mass is 622 g/mol. The zero-order chi connectivity index (χ0) is 31.1. The lowest BCUT2D eigenvalue weighted by Crippen LogP contribution is -2.48. The first-order chi connectivity index (χ1) is 20.4. The van der Waals surface area contributed by atoms with Crippen molar-refractivity contribution in [1.29, 1.82) is 5.26 Å². The molecule has 3 N–H and O–H groups in total. The lowest BCUT2D eigenvalue weighted by molar-refractivity contribution is -0.141. The van der Waals surface area contributed by atoms with Crippen molar-refractivity contribution in [2.75, 3.05) is 4.90 Å². The zero-order valence-electron chi connectivity index (χ0n) is 23.3. The van der Waals surface area contributed by atoms with E-state index in [1.807, 2.05) is 0 Å². The van der Waals surface area contributed by atoms with E-state index in [2.05, 4.69) is 21.7 Å². The molecule has 1 fully saturated rings. The normalized spacial score (nSPS) is 21.7. The summed E-state index contributed by atoms with van der Waals surface area (Å²) in [4.78, 5) is 57.7. The van der Waals surface area contributed by atoms with Crippen molar-refractivity contribution in [1.82, 2.24) is 20.2 Å². The van der Waals surface area contributed by atoms with Crippen LogP contribution in [0.3, 0.4) is 0 Å². The molecule has 43 heavy (non-hydrogen) atoms. The molecule has 2 aromatic carbocycles. The summed E-state index contributed by atoms with van der Waals surface area (Å²) in [5.41, 5.74) is 0.308. The highest BCUT2D eigenvalue weighted by Crippen LogP contribution is 2.43. The van der Waals surface area contributed by atoms with Gasteiger partial charge in [0.2, 0.25) is 11.9 Å². The molecule has 2 aliphatic rings. The van der Waals surface area contributed by atoms with Crippen LogP contribution >= 0.6 is 23.2 Å². The van der Waals surface area contributed by atoms with Crippen LogP contribution in [0.15, 0.2) is 48.7 Å². The Hall–Kier alpha value is -4.40. The lowest BCUT2D eigenvalue weighted by atomic mass is 9.91. The first kappa shape index (κ1) is 30.1. The van der Waals surface area contributed by atoms with E-state index < -0.39 is 35.3 Å². The number of carboxylic acids is 1. The van der Waals surface area contributed by atoms with Gasteiger partial charge in [-0.25, -0.2) is 9.88 Å². The van der Waals surface area contributed by atoms with Gasteiger partial charge in [0.15, 0.2) is 0 Å². The predicted molar refractivity (Wildman–Crippen MR) is 158 cm³/mol. The number of benzene rings is 2. The van der Waals surface area contributed by atoms with Gasteiger partial charge in [-0.3, -0.25) is 23.7 Å². The van der Waals surface area contributed by atoms with Crippen molar-refractivity contribution < 1.29 is 24.3 Å². The Labute approximate surface area is 257 Å². The Bertz CT molecular complexity index is 1650. The maximum Gasteiger partial charge on any atom is 0.306 e. The van der Waals surface area contributed by atoms with Crippen LogP contribution in [-0.4, -0.2) is 50.4 Å². The van der Waals surface area contributed by atoms with Crippen LogP contribution in [0.2, 0.25) is 10.0 Å². The summed E-state index contributed by atoms with van der Waals surface area (Å²) in [5, 5.41) is 24.6. The number of hydrogen-bond acceptors (Lipinski definition) is 6. The first-order valence-corrected chi connectivity index (χ1v) is 14.4. The number of aliphatic carboxylic acids is 1. The van der Waals surface area contributed by atoms with Gasteiger partial charge in [-0.1, -0.05) is 35.3 Å². The second kappa shape index (κ2) is 11.7. The average Bonchev–Trinajstić information content (AvgIpc) is 3.65.